The molecule has 0 spiro atoms. The third kappa shape index (κ3) is 3.81. The van der Waals surface area contributed by atoms with Gasteiger partial charge in [-0.1, -0.05) is 44.0 Å². The molecule has 0 aliphatic heterocycles. The van der Waals surface area contributed by atoms with E-state index in [9.17, 15) is 20.1 Å². The summed E-state index contributed by atoms with van der Waals surface area (Å²) in [6.45, 7) is 5.53. The van der Waals surface area contributed by atoms with E-state index in [-0.39, 0.29) is 24.2 Å². The fourth-order valence-corrected chi connectivity index (χ4v) is 9.22. The summed E-state index contributed by atoms with van der Waals surface area (Å²) in [5, 5.41) is 37.7. The van der Waals surface area contributed by atoms with Gasteiger partial charge >= 0.3 is 0 Å². The van der Waals surface area contributed by atoms with Gasteiger partial charge in [0, 0.05) is 33.3 Å². The Morgan fingerprint density at radius 2 is 2.08 bits per heavy atom. The first-order chi connectivity index (χ1) is 18.0. The number of hydrogen-bond donors (Lipinski definition) is 3. The lowest BCUT2D eigenvalue weighted by atomic mass is 9.45. The van der Waals surface area contributed by atoms with Gasteiger partial charge in [0.2, 0.25) is 0 Å². The number of halogens is 2. The van der Waals surface area contributed by atoms with Crippen LogP contribution in [0.5, 0.6) is 0 Å². The molecule has 9 heteroatoms. The van der Waals surface area contributed by atoms with Crippen molar-refractivity contribution >= 4 is 39.0 Å². The highest BCUT2D eigenvalue weighted by molar-refractivity contribution is 9.10. The lowest BCUT2D eigenvalue weighted by molar-refractivity contribution is -0.180. The highest BCUT2D eigenvalue weighted by Gasteiger charge is 2.74. The third-order valence-electron chi connectivity index (χ3n) is 10.3. The predicted octanol–water partition coefficient (Wildman–Crippen LogP) is 4.72. The first-order valence-electron chi connectivity index (χ1n) is 13.4. The van der Waals surface area contributed by atoms with Crippen LogP contribution in [0.25, 0.3) is 0 Å². The topological polar surface area (TPSA) is 112 Å². The number of allylic oxidation sites excluding steroid dienone is 4. The number of fused-ring (bicyclic) bond motifs is 5. The number of Topliss-reactive ketones (excluding diaryl/α,β-unsaturated/α-hetero) is 1. The molecule has 7 nitrogen and oxygen atoms in total. The minimum atomic E-state index is -1.68. The number of carbonyl (C=O) groups excluding carboxylic acids is 1. The van der Waals surface area contributed by atoms with E-state index in [1.165, 1.54) is 0 Å². The molecule has 0 bridgehead atoms. The molecule has 0 aromatic carbocycles. The minimum Gasteiger partial charge on any atom is -0.391 e. The van der Waals surface area contributed by atoms with Crippen LogP contribution in [-0.4, -0.2) is 55.0 Å². The number of pyridine rings is 1. The van der Waals surface area contributed by atoms with Crippen molar-refractivity contribution in [2.24, 2.45) is 33.7 Å². The van der Waals surface area contributed by atoms with Crippen LogP contribution >= 0.6 is 27.5 Å². The fourth-order valence-electron chi connectivity index (χ4n) is 8.29. The fraction of sp³-hybridized carbons (Fsp3) is 0.621. The molecule has 3 N–H and O–H groups in total. The first-order valence-corrected chi connectivity index (χ1v) is 14.6. The summed E-state index contributed by atoms with van der Waals surface area (Å²) in [7, 11) is 0. The molecular formula is C29H36BrClN2O5. The zero-order valence-corrected chi connectivity index (χ0v) is 24.4. The Kier molecular flexibility index (Phi) is 7.22. The molecule has 0 amide bonds. The Bertz CT molecular complexity index is 1220. The molecule has 0 unspecified atom stereocenters. The Hall–Kier alpha value is -1.58. The summed E-state index contributed by atoms with van der Waals surface area (Å²) in [4.78, 5) is 21.7. The highest BCUT2D eigenvalue weighted by Crippen LogP contribution is 2.71. The van der Waals surface area contributed by atoms with Gasteiger partial charge in [-0.15, -0.1) is 11.6 Å². The van der Waals surface area contributed by atoms with E-state index in [0.717, 1.165) is 28.5 Å². The second kappa shape index (κ2) is 9.81. The summed E-state index contributed by atoms with van der Waals surface area (Å²) < 4.78 is 0.875. The molecular weight excluding hydrogens is 572 g/mol. The van der Waals surface area contributed by atoms with E-state index in [2.05, 4.69) is 33.0 Å². The number of aromatic nitrogens is 1. The number of alkyl halides is 1. The lowest BCUT2D eigenvalue weighted by Crippen LogP contribution is -2.69. The number of nitrogens with zero attached hydrogens (tertiary/aromatic N) is 2. The van der Waals surface area contributed by atoms with Gasteiger partial charge in [-0.3, -0.25) is 9.78 Å². The number of rotatable bonds is 6. The van der Waals surface area contributed by atoms with Gasteiger partial charge in [0.15, 0.2) is 5.78 Å². The Labute approximate surface area is 237 Å². The van der Waals surface area contributed by atoms with E-state index in [1.54, 1.807) is 12.4 Å². The van der Waals surface area contributed by atoms with Gasteiger partial charge in [0.1, 0.15) is 24.5 Å². The van der Waals surface area contributed by atoms with Gasteiger partial charge in [0.05, 0.1) is 11.0 Å². The second-order valence-electron chi connectivity index (χ2n) is 11.9. The molecule has 5 rings (SSSR count). The molecule has 3 saturated carbocycles. The van der Waals surface area contributed by atoms with Gasteiger partial charge in [-0.05, 0) is 77.6 Å². The van der Waals surface area contributed by atoms with Gasteiger partial charge < -0.3 is 20.2 Å². The van der Waals surface area contributed by atoms with Crippen molar-refractivity contribution in [3.8, 4) is 0 Å². The third-order valence-corrected chi connectivity index (χ3v) is 11.6. The number of ketones is 1. The summed E-state index contributed by atoms with van der Waals surface area (Å²) in [5.74, 6) is -1.01. The largest absolute Gasteiger partial charge is 0.391 e. The minimum absolute atomic E-state index is 0.0576. The van der Waals surface area contributed by atoms with Gasteiger partial charge in [-0.2, -0.15) is 0 Å². The molecule has 38 heavy (non-hydrogen) atoms. The van der Waals surface area contributed by atoms with Gasteiger partial charge in [0.25, 0.3) is 0 Å². The molecule has 206 valence electrons. The molecule has 1 aromatic rings. The van der Waals surface area contributed by atoms with Crippen molar-refractivity contribution in [1.29, 1.82) is 0 Å². The quantitative estimate of drug-likeness (QED) is 0.319. The van der Waals surface area contributed by atoms with Crippen LogP contribution in [0.1, 0.15) is 58.4 Å². The molecule has 1 heterocycles. The number of aliphatic hydroxyl groups is 3. The molecule has 4 aliphatic carbocycles. The molecule has 8 atom stereocenters. The van der Waals surface area contributed by atoms with Crippen LogP contribution in [-0.2, 0) is 16.2 Å². The van der Waals surface area contributed by atoms with Gasteiger partial charge in [-0.25, -0.2) is 0 Å². The zero-order chi connectivity index (χ0) is 27.5. The van der Waals surface area contributed by atoms with Crippen LogP contribution in [0.4, 0.5) is 0 Å². The van der Waals surface area contributed by atoms with Crippen LogP contribution < -0.4 is 0 Å². The monoisotopic (exact) mass is 606 g/mol. The lowest BCUT2D eigenvalue weighted by Gasteiger charge is -2.64. The van der Waals surface area contributed by atoms with Crippen molar-refractivity contribution in [2.75, 3.05) is 6.61 Å². The maximum absolute atomic E-state index is 13.0. The average molecular weight is 608 g/mol. The SMILES string of the molecule is CC[C@@H]1C[C@H]2[C@@H]3CCC4=C/C(=N/OCc5cncc(Br)c5)C=C[C@]4(C)[C@@]3(Cl)[C@@H](O)C[C@]2(C)[C@@]1(O)C(=O)CO. The smallest absolute Gasteiger partial charge is 0.190 e. The van der Waals surface area contributed by atoms with Crippen molar-refractivity contribution in [1.82, 2.24) is 4.98 Å². The molecule has 4 aliphatic rings. The van der Waals surface area contributed by atoms with E-state index >= 15 is 0 Å². The van der Waals surface area contributed by atoms with Crippen LogP contribution in [0, 0.1) is 28.6 Å². The van der Waals surface area contributed by atoms with E-state index in [4.69, 9.17) is 16.4 Å². The zero-order valence-electron chi connectivity index (χ0n) is 22.0. The maximum atomic E-state index is 13.0. The number of aliphatic hydroxyl groups excluding tert-OH is 2. The van der Waals surface area contributed by atoms with Crippen molar-refractivity contribution < 1.29 is 25.0 Å². The Morgan fingerprint density at radius 3 is 2.76 bits per heavy atom. The Balaban J connectivity index is 1.43. The second-order valence-corrected chi connectivity index (χ2v) is 13.4. The van der Waals surface area contributed by atoms with E-state index < -0.39 is 39.8 Å². The predicted molar refractivity (Wildman–Crippen MR) is 148 cm³/mol. The maximum Gasteiger partial charge on any atom is 0.190 e. The van der Waals surface area contributed by atoms with E-state index in [1.807, 2.05) is 38.1 Å². The van der Waals surface area contributed by atoms with Crippen LogP contribution in [0.2, 0.25) is 0 Å². The summed E-state index contributed by atoms with van der Waals surface area (Å²) >= 11 is 11.0. The van der Waals surface area contributed by atoms with Crippen molar-refractivity contribution in [3.05, 3.63) is 52.3 Å². The molecule has 0 saturated heterocycles. The normalized spacial score (nSPS) is 42.7. The molecule has 0 radical (unpaired) electrons. The van der Waals surface area contributed by atoms with Crippen LogP contribution in [0.3, 0.4) is 0 Å². The summed E-state index contributed by atoms with van der Waals surface area (Å²) in [6.07, 6.45) is 11.4. The van der Waals surface area contributed by atoms with Crippen molar-refractivity contribution in [3.63, 3.8) is 0 Å². The number of oxime groups is 1. The standard InChI is InChI=1S/C29H36BrClN2O5/c1-4-18-11-23-22-6-5-19-10-21(33-38-16-17-9-20(30)14-32-13-17)7-8-26(19,2)28(22,31)24(35)12-27(23,3)29(18,37)25(36)15-34/h7-10,13-14,18,22-24,34-35,37H,4-6,11-12,15-16H2,1-3H3/b33-21+/t18-,22+,23+,24+,26+,27+,28+,29+/m1/s1. The summed E-state index contributed by atoms with van der Waals surface area (Å²) in [6, 6.07) is 1.93. The van der Waals surface area contributed by atoms with Crippen LogP contribution in [0.15, 0.2) is 51.9 Å². The first kappa shape index (κ1) is 28.0. The highest BCUT2D eigenvalue weighted by atomic mass is 79.9. The number of carbonyl (C=O) groups is 1. The van der Waals surface area contributed by atoms with E-state index in [0.29, 0.717) is 25.2 Å². The molecule has 3 fully saturated rings. The number of hydrogen-bond acceptors (Lipinski definition) is 7. The summed E-state index contributed by atoms with van der Waals surface area (Å²) in [5.41, 5.74) is -0.504. The average Bonchev–Trinajstić information content (AvgIpc) is 3.11. The molecule has 1 aromatic heterocycles. The Morgan fingerprint density at radius 1 is 1.32 bits per heavy atom. The van der Waals surface area contributed by atoms with Crippen molar-refractivity contribution in [2.45, 2.75) is 76.1 Å².